The van der Waals surface area contributed by atoms with E-state index in [4.69, 9.17) is 0 Å². The van der Waals surface area contributed by atoms with Gasteiger partial charge in [-0.3, -0.25) is 4.79 Å². The molecule has 136 valence electrons. The Balaban J connectivity index is 1.69. The third-order valence-electron chi connectivity index (χ3n) is 3.72. The van der Waals surface area contributed by atoms with Crippen molar-refractivity contribution in [1.29, 1.82) is 0 Å². The van der Waals surface area contributed by atoms with Crippen LogP contribution in [0, 0.1) is 20.8 Å². The summed E-state index contributed by atoms with van der Waals surface area (Å²) >= 11 is 4.44. The molecule has 1 N–H and O–H groups in total. The minimum atomic E-state index is -0.0782. The molecule has 0 aliphatic heterocycles. The van der Waals surface area contributed by atoms with Crippen LogP contribution in [0.3, 0.4) is 0 Å². The van der Waals surface area contributed by atoms with E-state index in [9.17, 15) is 4.79 Å². The van der Waals surface area contributed by atoms with E-state index >= 15 is 0 Å². The number of nitrogens with one attached hydrogen (secondary N) is 1. The number of carbonyl (C=O) groups is 1. The molecule has 0 fully saturated rings. The van der Waals surface area contributed by atoms with Gasteiger partial charge in [-0.25, -0.2) is 4.68 Å². The largest absolute Gasteiger partial charge is 0.322 e. The number of hydrogen-bond donors (Lipinski definition) is 1. The predicted molar refractivity (Wildman–Crippen MR) is 109 cm³/mol. The summed E-state index contributed by atoms with van der Waals surface area (Å²) in [5.41, 5.74) is 4.64. The Morgan fingerprint density at radius 2 is 1.85 bits per heavy atom. The zero-order valence-corrected chi connectivity index (χ0v) is 17.4. The van der Waals surface area contributed by atoms with E-state index in [0.29, 0.717) is 0 Å². The minimum absolute atomic E-state index is 0.0782. The summed E-state index contributed by atoms with van der Waals surface area (Å²) in [5.74, 6) is 0.211. The fraction of sp³-hybridized carbons (Fsp3) is 0.294. The Hall–Kier alpha value is -1.84. The molecular formula is C17H19N5OS3. The van der Waals surface area contributed by atoms with Crippen molar-refractivity contribution in [2.45, 2.75) is 29.5 Å². The molecule has 2 heterocycles. The lowest BCUT2D eigenvalue weighted by Crippen LogP contribution is -2.15. The fourth-order valence-corrected chi connectivity index (χ4v) is 4.64. The van der Waals surface area contributed by atoms with Gasteiger partial charge in [-0.1, -0.05) is 52.6 Å². The number of hydrogen-bond acceptors (Lipinski definition) is 7. The highest BCUT2D eigenvalue weighted by molar-refractivity contribution is 8.03. The number of rotatable bonds is 6. The van der Waals surface area contributed by atoms with Crippen molar-refractivity contribution in [3.63, 3.8) is 0 Å². The SMILES string of the molecule is CSc1nnc(SCC(=O)Nc2c(C)nn(-c3ccc(C)cc3)c2C)s1. The van der Waals surface area contributed by atoms with Crippen LogP contribution in [0.2, 0.25) is 0 Å². The molecule has 2 aromatic heterocycles. The second kappa shape index (κ2) is 8.24. The molecule has 0 aliphatic carbocycles. The highest BCUT2D eigenvalue weighted by Gasteiger charge is 2.16. The van der Waals surface area contributed by atoms with Gasteiger partial charge in [-0.2, -0.15) is 5.10 Å². The van der Waals surface area contributed by atoms with Crippen LogP contribution in [0.1, 0.15) is 17.0 Å². The van der Waals surface area contributed by atoms with Gasteiger partial charge >= 0.3 is 0 Å². The monoisotopic (exact) mass is 405 g/mol. The van der Waals surface area contributed by atoms with E-state index in [1.54, 1.807) is 11.8 Å². The maximum atomic E-state index is 12.3. The summed E-state index contributed by atoms with van der Waals surface area (Å²) in [6.45, 7) is 5.91. The number of nitrogens with zero attached hydrogens (tertiary/aromatic N) is 4. The number of anilines is 1. The average molecular weight is 406 g/mol. The van der Waals surface area contributed by atoms with Crippen molar-refractivity contribution in [3.05, 3.63) is 41.2 Å². The molecule has 0 saturated carbocycles. The first kappa shape index (κ1) is 18.9. The average Bonchev–Trinajstić information content (AvgIpc) is 3.20. The summed E-state index contributed by atoms with van der Waals surface area (Å²) in [5, 5.41) is 15.6. The van der Waals surface area contributed by atoms with Crippen molar-refractivity contribution in [2.75, 3.05) is 17.3 Å². The summed E-state index contributed by atoms with van der Waals surface area (Å²) < 4.78 is 3.56. The van der Waals surface area contributed by atoms with E-state index in [-0.39, 0.29) is 11.7 Å². The standard InChI is InChI=1S/C17H19N5OS3/c1-10-5-7-13(8-6-10)22-12(3)15(11(2)21-22)18-14(23)9-25-17-20-19-16(24-4)26-17/h5-8H,9H2,1-4H3,(H,18,23). The van der Waals surface area contributed by atoms with Crippen LogP contribution in [0.4, 0.5) is 5.69 Å². The lowest BCUT2D eigenvalue weighted by Gasteiger charge is -2.07. The molecule has 26 heavy (non-hydrogen) atoms. The molecule has 0 spiro atoms. The molecule has 1 amide bonds. The lowest BCUT2D eigenvalue weighted by molar-refractivity contribution is -0.113. The molecule has 0 aliphatic rings. The Morgan fingerprint density at radius 1 is 1.15 bits per heavy atom. The van der Waals surface area contributed by atoms with Gasteiger partial charge in [0.15, 0.2) is 8.68 Å². The van der Waals surface area contributed by atoms with E-state index < -0.39 is 0 Å². The Morgan fingerprint density at radius 3 is 2.50 bits per heavy atom. The second-order valence-electron chi connectivity index (χ2n) is 5.67. The van der Waals surface area contributed by atoms with Crippen LogP contribution in [0.5, 0.6) is 0 Å². The smallest absolute Gasteiger partial charge is 0.234 e. The Kier molecular flexibility index (Phi) is 6.00. The van der Waals surface area contributed by atoms with Gasteiger partial charge < -0.3 is 5.32 Å². The maximum absolute atomic E-state index is 12.3. The Labute approximate surface area is 164 Å². The second-order valence-corrected chi connectivity index (χ2v) is 8.92. The van der Waals surface area contributed by atoms with Crippen molar-refractivity contribution < 1.29 is 4.79 Å². The molecule has 0 atom stereocenters. The summed E-state index contributed by atoms with van der Waals surface area (Å²) in [4.78, 5) is 12.3. The molecule has 6 nitrogen and oxygen atoms in total. The summed E-state index contributed by atoms with van der Waals surface area (Å²) in [6, 6.07) is 8.14. The summed E-state index contributed by atoms with van der Waals surface area (Å²) in [6.07, 6.45) is 1.96. The van der Waals surface area contributed by atoms with Crippen molar-refractivity contribution in [2.24, 2.45) is 0 Å². The normalized spacial score (nSPS) is 10.9. The van der Waals surface area contributed by atoms with Crippen LogP contribution in [-0.4, -0.2) is 37.9 Å². The van der Waals surface area contributed by atoms with Crippen molar-refractivity contribution in [3.8, 4) is 5.69 Å². The molecule has 0 saturated heterocycles. The minimum Gasteiger partial charge on any atom is -0.322 e. The lowest BCUT2D eigenvalue weighted by atomic mass is 10.2. The predicted octanol–water partition coefficient (Wildman–Crippen LogP) is 4.10. The zero-order valence-electron chi connectivity index (χ0n) is 14.9. The highest BCUT2D eigenvalue weighted by Crippen LogP contribution is 2.28. The Bertz CT molecular complexity index is 917. The van der Waals surface area contributed by atoms with Crippen molar-refractivity contribution >= 4 is 46.5 Å². The van der Waals surface area contributed by atoms with E-state index in [1.165, 1.54) is 28.7 Å². The highest BCUT2D eigenvalue weighted by atomic mass is 32.2. The van der Waals surface area contributed by atoms with Crippen LogP contribution in [-0.2, 0) is 4.79 Å². The van der Waals surface area contributed by atoms with Crippen LogP contribution in [0.15, 0.2) is 32.9 Å². The third kappa shape index (κ3) is 4.28. The number of aryl methyl sites for hydroxylation is 2. The first-order chi connectivity index (χ1) is 12.5. The first-order valence-corrected chi connectivity index (χ1v) is 10.9. The van der Waals surface area contributed by atoms with Gasteiger partial charge in [-0.05, 0) is 39.2 Å². The number of carbonyl (C=O) groups excluding carboxylic acids is 1. The molecule has 3 aromatic rings. The third-order valence-corrected chi connectivity index (χ3v) is 6.76. The molecule has 1 aromatic carbocycles. The first-order valence-electron chi connectivity index (χ1n) is 7.91. The zero-order chi connectivity index (χ0) is 18.7. The maximum Gasteiger partial charge on any atom is 0.234 e. The van der Waals surface area contributed by atoms with Crippen LogP contribution < -0.4 is 5.32 Å². The molecule has 3 rings (SSSR count). The van der Waals surface area contributed by atoms with Gasteiger partial charge in [0.05, 0.1) is 28.5 Å². The number of thioether (sulfide) groups is 2. The summed E-state index contributed by atoms with van der Waals surface area (Å²) in [7, 11) is 0. The molecule has 0 radical (unpaired) electrons. The van der Waals surface area contributed by atoms with E-state index in [1.807, 2.05) is 49.1 Å². The van der Waals surface area contributed by atoms with E-state index in [2.05, 4.69) is 27.5 Å². The molecule has 0 unspecified atom stereocenters. The molecule has 0 bridgehead atoms. The molecular weight excluding hydrogens is 386 g/mol. The fourth-order valence-electron chi connectivity index (χ4n) is 2.40. The van der Waals surface area contributed by atoms with Crippen molar-refractivity contribution in [1.82, 2.24) is 20.0 Å². The number of aromatic nitrogens is 4. The topological polar surface area (TPSA) is 72.7 Å². The quantitative estimate of drug-likeness (QED) is 0.623. The van der Waals surface area contributed by atoms with Gasteiger partial charge in [0, 0.05) is 0 Å². The number of benzene rings is 1. The van der Waals surface area contributed by atoms with Gasteiger partial charge in [0.1, 0.15) is 0 Å². The van der Waals surface area contributed by atoms with Crippen LogP contribution in [0.25, 0.3) is 5.69 Å². The van der Waals surface area contributed by atoms with Gasteiger partial charge in [-0.15, -0.1) is 10.2 Å². The van der Waals surface area contributed by atoms with Gasteiger partial charge in [0.25, 0.3) is 0 Å². The molecule has 9 heteroatoms. The van der Waals surface area contributed by atoms with Gasteiger partial charge in [0.2, 0.25) is 5.91 Å². The number of amides is 1. The van der Waals surface area contributed by atoms with E-state index in [0.717, 1.165) is 31.4 Å². The van der Waals surface area contributed by atoms with Crippen LogP contribution >= 0.6 is 34.9 Å².